The van der Waals surface area contributed by atoms with Crippen LogP contribution in [0.4, 0.5) is 0 Å². The van der Waals surface area contributed by atoms with Crippen molar-refractivity contribution in [1.82, 2.24) is 15.5 Å². The number of carbonyl (C=O) groups is 1. The first kappa shape index (κ1) is 12.5. The molecule has 1 amide bonds. The van der Waals surface area contributed by atoms with E-state index in [1.54, 1.807) is 7.05 Å². The molecule has 0 aliphatic carbocycles. The molecule has 1 rings (SSSR count). The molecule has 1 fully saturated rings. The summed E-state index contributed by atoms with van der Waals surface area (Å²) >= 11 is 0. The van der Waals surface area contributed by atoms with Crippen LogP contribution in [-0.4, -0.2) is 49.6 Å². The summed E-state index contributed by atoms with van der Waals surface area (Å²) in [4.78, 5) is 13.7. The number of piperidine rings is 1. The van der Waals surface area contributed by atoms with Crippen LogP contribution in [0.25, 0.3) is 0 Å². The number of nitrogens with zero attached hydrogens (tertiary/aromatic N) is 1. The SMILES string of the molecule is CNC(=O)C(C)NC1CCN(C)C(C)C1. The minimum atomic E-state index is -0.0874. The molecule has 0 aromatic carbocycles. The normalized spacial score (nSPS) is 29.9. The van der Waals surface area contributed by atoms with Crippen LogP contribution in [0, 0.1) is 0 Å². The highest BCUT2D eigenvalue weighted by molar-refractivity contribution is 5.80. The maximum atomic E-state index is 11.3. The zero-order valence-corrected chi connectivity index (χ0v) is 10.2. The molecule has 0 aromatic heterocycles. The van der Waals surface area contributed by atoms with E-state index in [-0.39, 0.29) is 11.9 Å². The van der Waals surface area contributed by atoms with Crippen molar-refractivity contribution < 1.29 is 4.79 Å². The number of hydrogen-bond acceptors (Lipinski definition) is 3. The Bertz CT molecular complexity index is 220. The van der Waals surface area contributed by atoms with Crippen molar-refractivity contribution in [1.29, 1.82) is 0 Å². The van der Waals surface area contributed by atoms with Gasteiger partial charge in [0, 0.05) is 19.1 Å². The van der Waals surface area contributed by atoms with Crippen LogP contribution < -0.4 is 10.6 Å². The van der Waals surface area contributed by atoms with E-state index in [0.717, 1.165) is 19.4 Å². The lowest BCUT2D eigenvalue weighted by molar-refractivity contribution is -0.122. The second-order valence-electron chi connectivity index (χ2n) is 4.55. The number of hydrogen-bond donors (Lipinski definition) is 2. The van der Waals surface area contributed by atoms with Gasteiger partial charge in [0.25, 0.3) is 0 Å². The van der Waals surface area contributed by atoms with Gasteiger partial charge in [-0.25, -0.2) is 0 Å². The summed E-state index contributed by atoms with van der Waals surface area (Å²) in [6.07, 6.45) is 2.25. The maximum absolute atomic E-state index is 11.3. The highest BCUT2D eigenvalue weighted by Gasteiger charge is 2.24. The molecule has 4 heteroatoms. The maximum Gasteiger partial charge on any atom is 0.236 e. The number of amides is 1. The van der Waals surface area contributed by atoms with E-state index in [4.69, 9.17) is 0 Å². The fraction of sp³-hybridized carbons (Fsp3) is 0.909. The highest BCUT2D eigenvalue weighted by atomic mass is 16.2. The third-order valence-corrected chi connectivity index (χ3v) is 3.33. The lowest BCUT2D eigenvalue weighted by Gasteiger charge is -2.36. The molecular weight excluding hydrogens is 190 g/mol. The molecule has 0 aromatic rings. The summed E-state index contributed by atoms with van der Waals surface area (Å²) in [6, 6.07) is 0.993. The Hall–Kier alpha value is -0.610. The fourth-order valence-corrected chi connectivity index (χ4v) is 2.09. The molecule has 88 valence electrons. The molecule has 1 heterocycles. The Morgan fingerprint density at radius 3 is 2.73 bits per heavy atom. The lowest BCUT2D eigenvalue weighted by atomic mass is 9.98. The number of rotatable bonds is 3. The van der Waals surface area contributed by atoms with E-state index >= 15 is 0 Å². The van der Waals surface area contributed by atoms with Crippen LogP contribution in [0.5, 0.6) is 0 Å². The predicted molar refractivity (Wildman–Crippen MR) is 61.8 cm³/mol. The standard InChI is InChI=1S/C11H23N3O/c1-8-7-10(5-6-14(8)4)13-9(2)11(15)12-3/h8-10,13H,5-7H2,1-4H3,(H,12,15). The van der Waals surface area contributed by atoms with Crippen LogP contribution >= 0.6 is 0 Å². The van der Waals surface area contributed by atoms with Crippen molar-refractivity contribution in [3.63, 3.8) is 0 Å². The van der Waals surface area contributed by atoms with Gasteiger partial charge in [-0.05, 0) is 40.3 Å². The minimum absolute atomic E-state index is 0.0709. The first-order chi connectivity index (χ1) is 7.04. The molecule has 0 saturated carbocycles. The molecular formula is C11H23N3O. The van der Waals surface area contributed by atoms with Gasteiger partial charge in [-0.3, -0.25) is 4.79 Å². The number of carbonyl (C=O) groups excluding carboxylic acids is 1. The number of likely N-dealkylation sites (N-methyl/N-ethyl adjacent to an activating group) is 1. The van der Waals surface area contributed by atoms with Crippen LogP contribution in [0.3, 0.4) is 0 Å². The largest absolute Gasteiger partial charge is 0.358 e. The van der Waals surface area contributed by atoms with E-state index in [1.807, 2.05) is 6.92 Å². The molecule has 2 N–H and O–H groups in total. The van der Waals surface area contributed by atoms with Crippen molar-refractivity contribution in [3.8, 4) is 0 Å². The van der Waals surface area contributed by atoms with Crippen molar-refractivity contribution in [2.75, 3.05) is 20.6 Å². The van der Waals surface area contributed by atoms with E-state index in [0.29, 0.717) is 12.1 Å². The van der Waals surface area contributed by atoms with Crippen molar-refractivity contribution in [3.05, 3.63) is 0 Å². The van der Waals surface area contributed by atoms with Gasteiger partial charge in [0.1, 0.15) is 0 Å². The van der Waals surface area contributed by atoms with Gasteiger partial charge in [-0.15, -0.1) is 0 Å². The van der Waals surface area contributed by atoms with Crippen molar-refractivity contribution in [2.45, 2.75) is 44.8 Å². The molecule has 0 radical (unpaired) electrons. The average Bonchev–Trinajstić information content (AvgIpc) is 2.22. The predicted octanol–water partition coefficient (Wildman–Crippen LogP) is 0.193. The third kappa shape index (κ3) is 3.47. The Morgan fingerprint density at radius 1 is 1.53 bits per heavy atom. The van der Waals surface area contributed by atoms with E-state index in [1.165, 1.54) is 0 Å². The lowest BCUT2D eigenvalue weighted by Crippen LogP contribution is -2.51. The van der Waals surface area contributed by atoms with Gasteiger partial charge >= 0.3 is 0 Å². The summed E-state index contributed by atoms with van der Waals surface area (Å²) in [6.45, 7) is 5.26. The quantitative estimate of drug-likeness (QED) is 0.703. The highest BCUT2D eigenvalue weighted by Crippen LogP contribution is 2.15. The Morgan fingerprint density at radius 2 is 2.20 bits per heavy atom. The van der Waals surface area contributed by atoms with E-state index in [2.05, 4.69) is 29.5 Å². The Kier molecular flexibility index (Phi) is 4.54. The zero-order valence-electron chi connectivity index (χ0n) is 10.2. The topological polar surface area (TPSA) is 44.4 Å². The summed E-state index contributed by atoms with van der Waals surface area (Å²) in [7, 11) is 3.83. The average molecular weight is 213 g/mol. The molecule has 1 saturated heterocycles. The molecule has 1 aliphatic heterocycles. The second-order valence-corrected chi connectivity index (χ2v) is 4.55. The Balaban J connectivity index is 2.36. The van der Waals surface area contributed by atoms with Crippen molar-refractivity contribution in [2.24, 2.45) is 0 Å². The van der Waals surface area contributed by atoms with E-state index < -0.39 is 0 Å². The monoisotopic (exact) mass is 213 g/mol. The summed E-state index contributed by atoms with van der Waals surface area (Å²) < 4.78 is 0. The molecule has 3 unspecified atom stereocenters. The molecule has 0 bridgehead atoms. The van der Waals surface area contributed by atoms with Crippen molar-refractivity contribution >= 4 is 5.91 Å². The van der Waals surface area contributed by atoms with Gasteiger partial charge in [0.05, 0.1) is 6.04 Å². The summed E-state index contributed by atoms with van der Waals surface area (Å²) in [5, 5.41) is 6.04. The molecule has 1 aliphatic rings. The number of likely N-dealkylation sites (tertiary alicyclic amines) is 1. The van der Waals surface area contributed by atoms with Gasteiger partial charge < -0.3 is 15.5 Å². The van der Waals surface area contributed by atoms with Gasteiger partial charge in [-0.2, -0.15) is 0 Å². The minimum Gasteiger partial charge on any atom is -0.358 e. The Labute approximate surface area is 92.4 Å². The zero-order chi connectivity index (χ0) is 11.4. The van der Waals surface area contributed by atoms with Crippen LogP contribution in [0.15, 0.2) is 0 Å². The molecule has 15 heavy (non-hydrogen) atoms. The van der Waals surface area contributed by atoms with Gasteiger partial charge in [0.2, 0.25) is 5.91 Å². The second kappa shape index (κ2) is 5.47. The van der Waals surface area contributed by atoms with Crippen LogP contribution in [-0.2, 0) is 4.79 Å². The summed E-state index contributed by atoms with van der Waals surface area (Å²) in [5.41, 5.74) is 0. The smallest absolute Gasteiger partial charge is 0.236 e. The molecule has 0 spiro atoms. The fourth-order valence-electron chi connectivity index (χ4n) is 2.09. The first-order valence-electron chi connectivity index (χ1n) is 5.72. The van der Waals surface area contributed by atoms with Crippen LogP contribution in [0.2, 0.25) is 0 Å². The molecule has 4 nitrogen and oxygen atoms in total. The van der Waals surface area contributed by atoms with Gasteiger partial charge in [-0.1, -0.05) is 0 Å². The van der Waals surface area contributed by atoms with Gasteiger partial charge in [0.15, 0.2) is 0 Å². The van der Waals surface area contributed by atoms with Crippen LogP contribution in [0.1, 0.15) is 26.7 Å². The first-order valence-corrected chi connectivity index (χ1v) is 5.72. The number of nitrogens with one attached hydrogen (secondary N) is 2. The summed E-state index contributed by atoms with van der Waals surface area (Å²) in [5.74, 6) is 0.0709. The van der Waals surface area contributed by atoms with E-state index in [9.17, 15) is 4.79 Å². The third-order valence-electron chi connectivity index (χ3n) is 3.33. The molecule has 3 atom stereocenters.